The molecule has 1 rings (SSSR count). The Kier molecular flexibility index (Phi) is 2.90. The van der Waals surface area contributed by atoms with Gasteiger partial charge in [-0.15, -0.1) is 0 Å². The van der Waals surface area contributed by atoms with E-state index in [0.29, 0.717) is 11.8 Å². The maximum atomic E-state index is 12.1. The summed E-state index contributed by atoms with van der Waals surface area (Å²) in [6.45, 7) is 0. The molecule has 0 amide bonds. The lowest BCUT2D eigenvalue weighted by atomic mass is 10.1. The van der Waals surface area contributed by atoms with Crippen LogP contribution in [0.3, 0.4) is 0 Å². The number of hydrogen-bond acceptors (Lipinski definition) is 2. The van der Waals surface area contributed by atoms with Crippen LogP contribution in [0.2, 0.25) is 0 Å². The van der Waals surface area contributed by atoms with Crippen molar-refractivity contribution in [2.24, 2.45) is 5.73 Å². The minimum atomic E-state index is -4.46. The van der Waals surface area contributed by atoms with Crippen LogP contribution >= 0.6 is 0 Å². The second-order valence-corrected chi connectivity index (χ2v) is 2.80. The molecule has 76 valence electrons. The Morgan fingerprint density at radius 3 is 2.07 bits per heavy atom. The van der Waals surface area contributed by atoms with Gasteiger partial charge in [-0.05, 0) is 5.56 Å². The van der Waals surface area contributed by atoms with E-state index in [2.05, 4.69) is 0 Å². The van der Waals surface area contributed by atoms with Crippen molar-refractivity contribution in [2.45, 2.75) is 12.2 Å². The number of nitrogens with two attached hydrogens (primary N) is 1. The summed E-state index contributed by atoms with van der Waals surface area (Å²) in [5.41, 5.74) is 5.22. The van der Waals surface area contributed by atoms with Crippen LogP contribution in [0.4, 0.5) is 13.2 Å². The van der Waals surface area contributed by atoms with Crippen LogP contribution < -0.4 is 5.73 Å². The molecular formula is C9H8F3NO. The molecule has 0 aliphatic heterocycles. The first-order chi connectivity index (χ1) is 6.45. The number of hydrogen-bond donors (Lipinski definition) is 1. The molecule has 2 nitrogen and oxygen atoms in total. The van der Waals surface area contributed by atoms with Crippen molar-refractivity contribution in [2.75, 3.05) is 0 Å². The summed E-state index contributed by atoms with van der Waals surface area (Å²) in [7, 11) is 0. The van der Waals surface area contributed by atoms with E-state index in [1.54, 1.807) is 0 Å². The molecule has 1 aromatic rings. The monoisotopic (exact) mass is 203 g/mol. The number of carbonyl (C=O) groups is 1. The highest BCUT2D eigenvalue weighted by atomic mass is 19.4. The molecule has 14 heavy (non-hydrogen) atoms. The van der Waals surface area contributed by atoms with Gasteiger partial charge in [-0.1, -0.05) is 24.3 Å². The Morgan fingerprint density at radius 2 is 1.71 bits per heavy atom. The van der Waals surface area contributed by atoms with Crippen molar-refractivity contribution in [3.8, 4) is 0 Å². The van der Waals surface area contributed by atoms with Gasteiger partial charge in [0.05, 0.1) is 0 Å². The zero-order chi connectivity index (χ0) is 10.8. The summed E-state index contributed by atoms with van der Waals surface area (Å²) in [6, 6.07) is 2.99. The minimum Gasteiger partial charge on any atom is -0.316 e. The van der Waals surface area contributed by atoms with Gasteiger partial charge in [0.15, 0.2) is 0 Å². The van der Waals surface area contributed by atoms with Gasteiger partial charge < -0.3 is 5.73 Å². The zero-order valence-corrected chi connectivity index (χ0v) is 7.08. The molecule has 1 aromatic carbocycles. The molecule has 5 heteroatoms. The van der Waals surface area contributed by atoms with E-state index in [-0.39, 0.29) is 5.56 Å². The highest BCUT2D eigenvalue weighted by molar-refractivity contribution is 5.74. The van der Waals surface area contributed by atoms with Gasteiger partial charge in [0.2, 0.25) is 0 Å². The first-order valence-electron chi connectivity index (χ1n) is 3.82. The third-order valence-electron chi connectivity index (χ3n) is 1.78. The van der Waals surface area contributed by atoms with Crippen molar-refractivity contribution in [1.82, 2.24) is 0 Å². The van der Waals surface area contributed by atoms with Gasteiger partial charge in [0, 0.05) is 5.56 Å². The summed E-state index contributed by atoms with van der Waals surface area (Å²) in [6.07, 6.45) is -3.90. The van der Waals surface area contributed by atoms with Crippen LogP contribution in [0.1, 0.15) is 22.0 Å². The lowest BCUT2D eigenvalue weighted by Gasteiger charge is -2.15. The SMILES string of the molecule is N[C@H](c1ccc(C=O)cc1)C(F)(F)F. The normalized spacial score (nSPS) is 13.7. The molecule has 0 bridgehead atoms. The Balaban J connectivity index is 2.92. The largest absolute Gasteiger partial charge is 0.407 e. The van der Waals surface area contributed by atoms with Gasteiger partial charge in [0.25, 0.3) is 0 Å². The summed E-state index contributed by atoms with van der Waals surface area (Å²) in [4.78, 5) is 10.2. The standard InChI is InChI=1S/C9H8F3NO/c10-9(11,12)8(13)7-3-1-6(5-14)2-4-7/h1-5,8H,13H2/t8-/m1/s1. The Labute approximate surface area is 78.5 Å². The molecule has 1 atom stereocenters. The molecule has 0 saturated heterocycles. The average Bonchev–Trinajstić information content (AvgIpc) is 2.15. The Morgan fingerprint density at radius 1 is 1.21 bits per heavy atom. The third kappa shape index (κ3) is 2.32. The Bertz CT molecular complexity index is 318. The molecule has 0 aromatic heterocycles. The fraction of sp³-hybridized carbons (Fsp3) is 0.222. The van der Waals surface area contributed by atoms with Gasteiger partial charge in [0.1, 0.15) is 12.3 Å². The number of alkyl halides is 3. The molecule has 0 unspecified atom stereocenters. The summed E-state index contributed by atoms with van der Waals surface area (Å²) >= 11 is 0. The molecule has 0 aliphatic carbocycles. The second kappa shape index (κ2) is 3.79. The number of rotatable bonds is 2. The van der Waals surface area contributed by atoms with Crippen molar-refractivity contribution >= 4 is 6.29 Å². The first kappa shape index (κ1) is 10.7. The predicted molar refractivity (Wildman–Crippen MR) is 44.8 cm³/mol. The molecule has 0 saturated carbocycles. The molecule has 0 aliphatic rings. The maximum absolute atomic E-state index is 12.1. The highest BCUT2D eigenvalue weighted by Crippen LogP contribution is 2.30. The molecule has 2 N–H and O–H groups in total. The minimum absolute atomic E-state index is 0.0527. The smallest absolute Gasteiger partial charge is 0.316 e. The fourth-order valence-electron chi connectivity index (χ4n) is 0.971. The van der Waals surface area contributed by atoms with Crippen LogP contribution in [-0.2, 0) is 0 Å². The van der Waals surface area contributed by atoms with Crippen LogP contribution in [-0.4, -0.2) is 12.5 Å². The molecule has 0 fully saturated rings. The van der Waals surface area contributed by atoms with Crippen molar-refractivity contribution in [3.05, 3.63) is 35.4 Å². The van der Waals surface area contributed by atoms with Crippen molar-refractivity contribution in [1.29, 1.82) is 0 Å². The van der Waals surface area contributed by atoms with Gasteiger partial charge >= 0.3 is 6.18 Å². The molecule has 0 radical (unpaired) electrons. The quantitative estimate of drug-likeness (QED) is 0.747. The van der Waals surface area contributed by atoms with E-state index in [1.165, 1.54) is 24.3 Å². The summed E-state index contributed by atoms with van der Waals surface area (Å²) < 4.78 is 36.4. The number of carbonyl (C=O) groups excluding carboxylic acids is 1. The van der Waals surface area contributed by atoms with Crippen LogP contribution in [0.5, 0.6) is 0 Å². The lowest BCUT2D eigenvalue weighted by Crippen LogP contribution is -2.28. The second-order valence-electron chi connectivity index (χ2n) is 2.80. The predicted octanol–water partition coefficient (Wildman–Crippen LogP) is 2.06. The first-order valence-corrected chi connectivity index (χ1v) is 3.82. The number of aldehydes is 1. The maximum Gasteiger partial charge on any atom is 0.407 e. The van der Waals surface area contributed by atoms with E-state index in [0.717, 1.165) is 0 Å². The zero-order valence-electron chi connectivity index (χ0n) is 7.08. The van der Waals surface area contributed by atoms with Crippen LogP contribution in [0, 0.1) is 0 Å². The van der Waals surface area contributed by atoms with E-state index in [9.17, 15) is 18.0 Å². The van der Waals surface area contributed by atoms with E-state index in [1.807, 2.05) is 0 Å². The van der Waals surface area contributed by atoms with Crippen LogP contribution in [0.25, 0.3) is 0 Å². The van der Waals surface area contributed by atoms with Crippen molar-refractivity contribution in [3.63, 3.8) is 0 Å². The van der Waals surface area contributed by atoms with Crippen molar-refractivity contribution < 1.29 is 18.0 Å². The number of benzene rings is 1. The van der Waals surface area contributed by atoms with E-state index in [4.69, 9.17) is 5.73 Å². The van der Waals surface area contributed by atoms with Gasteiger partial charge in [-0.25, -0.2) is 0 Å². The summed E-state index contributed by atoms with van der Waals surface area (Å²) in [5.74, 6) is 0. The highest BCUT2D eigenvalue weighted by Gasteiger charge is 2.37. The Hall–Kier alpha value is -1.36. The van der Waals surface area contributed by atoms with E-state index < -0.39 is 12.2 Å². The fourth-order valence-corrected chi connectivity index (χ4v) is 0.971. The number of halogens is 3. The molecule has 0 spiro atoms. The lowest BCUT2D eigenvalue weighted by molar-refractivity contribution is -0.149. The van der Waals surface area contributed by atoms with Gasteiger partial charge in [-0.3, -0.25) is 4.79 Å². The van der Waals surface area contributed by atoms with Crippen LogP contribution in [0.15, 0.2) is 24.3 Å². The molecule has 0 heterocycles. The topological polar surface area (TPSA) is 43.1 Å². The average molecular weight is 203 g/mol. The molecular weight excluding hydrogens is 195 g/mol. The van der Waals surface area contributed by atoms with E-state index >= 15 is 0 Å². The summed E-state index contributed by atoms with van der Waals surface area (Å²) in [5, 5.41) is 0. The van der Waals surface area contributed by atoms with Gasteiger partial charge in [-0.2, -0.15) is 13.2 Å². The third-order valence-corrected chi connectivity index (χ3v) is 1.78.